The molecular formula is C21H30ClN5O5. The fourth-order valence-electron chi connectivity index (χ4n) is 3.77. The van der Waals surface area contributed by atoms with Gasteiger partial charge in [0.05, 0.1) is 46.8 Å². The van der Waals surface area contributed by atoms with Gasteiger partial charge in [0.2, 0.25) is 5.75 Å². The molecule has 0 saturated carbocycles. The first-order valence-electron chi connectivity index (χ1n) is 10.0. The molecule has 0 radical (unpaired) electrons. The monoisotopic (exact) mass is 467 g/mol. The van der Waals surface area contributed by atoms with Crippen LogP contribution in [-0.4, -0.2) is 52.6 Å². The van der Waals surface area contributed by atoms with Gasteiger partial charge in [-0.1, -0.05) is 0 Å². The van der Waals surface area contributed by atoms with Crippen LogP contribution in [-0.2, 0) is 27.1 Å². The maximum Gasteiger partial charge on any atom is 0.332 e. The minimum atomic E-state index is -0.381. The molecule has 176 valence electrons. The van der Waals surface area contributed by atoms with Gasteiger partial charge in [-0.3, -0.25) is 13.9 Å². The van der Waals surface area contributed by atoms with Crippen LogP contribution >= 0.6 is 0 Å². The van der Waals surface area contributed by atoms with Crippen molar-refractivity contribution < 1.29 is 31.9 Å². The number of benzene rings is 1. The number of quaternary nitrogens is 1. The quantitative estimate of drug-likeness (QED) is 0.352. The Balaban J connectivity index is 0.00000363. The summed E-state index contributed by atoms with van der Waals surface area (Å²) in [6, 6.07) is 4.20. The molecule has 1 unspecified atom stereocenters. The fourth-order valence-corrected chi connectivity index (χ4v) is 3.77. The number of ether oxygens (including phenoxy) is 3. The molecule has 0 fully saturated rings. The van der Waals surface area contributed by atoms with E-state index < -0.39 is 0 Å². The summed E-state index contributed by atoms with van der Waals surface area (Å²) in [6.07, 6.45) is 2.42. The average molecular weight is 468 g/mol. The van der Waals surface area contributed by atoms with E-state index in [4.69, 9.17) is 14.2 Å². The number of methoxy groups -OCH3 is 3. The number of nitrogens with two attached hydrogens (primary N) is 1. The number of fused-ring (bicyclic) bond motifs is 1. The summed E-state index contributed by atoms with van der Waals surface area (Å²) in [6.45, 7) is 3.49. The molecule has 0 spiro atoms. The van der Waals surface area contributed by atoms with Crippen molar-refractivity contribution in [2.24, 2.45) is 14.1 Å². The van der Waals surface area contributed by atoms with Crippen molar-refractivity contribution in [3.05, 3.63) is 44.9 Å². The number of halogens is 1. The van der Waals surface area contributed by atoms with Crippen LogP contribution in [0, 0.1) is 0 Å². The third-order valence-corrected chi connectivity index (χ3v) is 5.44. The second-order valence-corrected chi connectivity index (χ2v) is 7.56. The largest absolute Gasteiger partial charge is 1.00 e. The number of aryl methyl sites for hydroxylation is 1. The Kier molecular flexibility index (Phi) is 8.34. The van der Waals surface area contributed by atoms with Gasteiger partial charge in [-0.05, 0) is 24.6 Å². The molecule has 0 saturated heterocycles. The molecule has 32 heavy (non-hydrogen) atoms. The van der Waals surface area contributed by atoms with E-state index in [2.05, 4.69) is 17.2 Å². The first-order chi connectivity index (χ1) is 14.8. The zero-order chi connectivity index (χ0) is 22.7. The minimum absolute atomic E-state index is 0. The molecule has 2 heterocycles. The number of hydrogen-bond donors (Lipinski definition) is 1. The van der Waals surface area contributed by atoms with Gasteiger partial charge in [-0.2, -0.15) is 0 Å². The lowest BCUT2D eigenvalue weighted by Gasteiger charge is -2.16. The first kappa shape index (κ1) is 25.3. The highest BCUT2D eigenvalue weighted by Gasteiger charge is 2.17. The van der Waals surface area contributed by atoms with Crippen molar-refractivity contribution in [1.82, 2.24) is 18.7 Å². The zero-order valence-corrected chi connectivity index (χ0v) is 20.0. The highest BCUT2D eigenvalue weighted by atomic mass is 35.5. The maximum absolute atomic E-state index is 12.5. The third kappa shape index (κ3) is 4.76. The average Bonchev–Trinajstić information content (AvgIpc) is 3.19. The molecule has 3 aromatic rings. The number of nitrogens with zero attached hydrogens (tertiary/aromatic N) is 4. The first-order valence-corrected chi connectivity index (χ1v) is 10.0. The smallest absolute Gasteiger partial charge is 0.332 e. The molecule has 0 amide bonds. The summed E-state index contributed by atoms with van der Waals surface area (Å²) in [5.74, 6) is 1.85. The summed E-state index contributed by atoms with van der Waals surface area (Å²) in [4.78, 5) is 28.9. The van der Waals surface area contributed by atoms with Crippen molar-refractivity contribution in [1.29, 1.82) is 0 Å². The molecule has 3 rings (SSSR count). The standard InChI is InChI=1S/C21H29N5O5.ClH/c1-13(9-14-10-15(29-4)18(31-6)16(11-14)30-5)22-7-8-26-12-23-19-17(26)20(27)25(3)21(28)24(19)2;/h10-13,22H,7-9H2,1-6H3;1H. The summed E-state index contributed by atoms with van der Waals surface area (Å²) >= 11 is 0. The summed E-state index contributed by atoms with van der Waals surface area (Å²) in [5, 5.41) is 2.21. The topological polar surface area (TPSA) is 106 Å². The maximum atomic E-state index is 12.5. The highest BCUT2D eigenvalue weighted by Crippen LogP contribution is 2.38. The van der Waals surface area contributed by atoms with Gasteiger partial charge in [0.1, 0.15) is 0 Å². The molecule has 11 heteroatoms. The normalized spacial score (nSPS) is 11.8. The number of hydrogen-bond acceptors (Lipinski definition) is 6. The van der Waals surface area contributed by atoms with Gasteiger partial charge in [-0.25, -0.2) is 9.78 Å². The van der Waals surface area contributed by atoms with E-state index in [1.807, 2.05) is 12.1 Å². The fraction of sp³-hybridized carbons (Fsp3) is 0.476. The summed E-state index contributed by atoms with van der Waals surface area (Å²) < 4.78 is 20.5. The molecule has 1 atom stereocenters. The lowest BCUT2D eigenvalue weighted by molar-refractivity contribution is -0.686. The Hall–Kier alpha value is -2.98. The second kappa shape index (κ2) is 10.6. The van der Waals surface area contributed by atoms with Crippen LogP contribution in [0.15, 0.2) is 28.0 Å². The summed E-state index contributed by atoms with van der Waals surface area (Å²) in [7, 11) is 7.89. The molecule has 2 N–H and O–H groups in total. The van der Waals surface area contributed by atoms with Crippen LogP contribution in [0.3, 0.4) is 0 Å². The van der Waals surface area contributed by atoms with Crippen molar-refractivity contribution in [3.63, 3.8) is 0 Å². The van der Waals surface area contributed by atoms with Crippen LogP contribution in [0.2, 0.25) is 0 Å². The lowest BCUT2D eigenvalue weighted by Crippen LogP contribution is -3.00. The predicted molar refractivity (Wildman–Crippen MR) is 116 cm³/mol. The molecule has 0 aliphatic rings. The van der Waals surface area contributed by atoms with Crippen molar-refractivity contribution in [2.45, 2.75) is 25.9 Å². The van der Waals surface area contributed by atoms with E-state index >= 15 is 0 Å². The van der Waals surface area contributed by atoms with Crippen LogP contribution < -0.4 is 43.2 Å². The van der Waals surface area contributed by atoms with Crippen molar-refractivity contribution >= 4 is 11.2 Å². The molecule has 0 bridgehead atoms. The second-order valence-electron chi connectivity index (χ2n) is 7.56. The Morgan fingerprint density at radius 2 is 1.66 bits per heavy atom. The van der Waals surface area contributed by atoms with Crippen LogP contribution in [0.5, 0.6) is 17.2 Å². The Morgan fingerprint density at radius 1 is 1.03 bits per heavy atom. The lowest BCUT2D eigenvalue weighted by atomic mass is 10.1. The van der Waals surface area contributed by atoms with Crippen LogP contribution in [0.1, 0.15) is 12.5 Å². The van der Waals surface area contributed by atoms with E-state index in [0.717, 1.165) is 23.1 Å². The molecule has 0 aliphatic heterocycles. The minimum Gasteiger partial charge on any atom is -1.00 e. The van der Waals surface area contributed by atoms with Crippen LogP contribution in [0.25, 0.3) is 11.2 Å². The van der Waals surface area contributed by atoms with E-state index in [-0.39, 0.29) is 29.7 Å². The zero-order valence-electron chi connectivity index (χ0n) is 19.2. The Morgan fingerprint density at radius 3 is 2.22 bits per heavy atom. The van der Waals surface area contributed by atoms with E-state index in [1.54, 1.807) is 39.3 Å². The number of rotatable bonds is 9. The summed E-state index contributed by atoms with van der Waals surface area (Å²) in [5.41, 5.74) is 1.21. The highest BCUT2D eigenvalue weighted by molar-refractivity contribution is 5.69. The van der Waals surface area contributed by atoms with E-state index in [1.165, 1.54) is 11.6 Å². The molecule has 2 aromatic heterocycles. The van der Waals surface area contributed by atoms with E-state index in [0.29, 0.717) is 35.0 Å². The van der Waals surface area contributed by atoms with Gasteiger partial charge >= 0.3 is 5.69 Å². The van der Waals surface area contributed by atoms with Gasteiger partial charge < -0.3 is 36.5 Å². The SMILES string of the molecule is COc1cc(CC(C)[NH2+]CCn2cnc3c2c(=O)n(C)c(=O)n3C)cc(OC)c1OC.[Cl-]. The Bertz CT molecular complexity index is 1170. The molecular weight excluding hydrogens is 438 g/mol. The Labute approximate surface area is 192 Å². The van der Waals surface area contributed by atoms with Gasteiger partial charge in [-0.15, -0.1) is 0 Å². The van der Waals surface area contributed by atoms with Crippen molar-refractivity contribution in [2.75, 3.05) is 27.9 Å². The van der Waals surface area contributed by atoms with Gasteiger partial charge in [0.25, 0.3) is 5.56 Å². The van der Waals surface area contributed by atoms with Crippen molar-refractivity contribution in [3.8, 4) is 17.2 Å². The number of imidazole rings is 1. The predicted octanol–water partition coefficient (Wildman–Crippen LogP) is -3.34. The van der Waals surface area contributed by atoms with Gasteiger partial charge in [0, 0.05) is 20.5 Å². The van der Waals surface area contributed by atoms with Gasteiger partial charge in [0.15, 0.2) is 22.7 Å². The third-order valence-electron chi connectivity index (χ3n) is 5.44. The van der Waals surface area contributed by atoms with Crippen LogP contribution in [0.4, 0.5) is 0 Å². The molecule has 10 nitrogen and oxygen atoms in total. The number of aromatic nitrogens is 4. The molecule has 1 aromatic carbocycles. The molecule has 0 aliphatic carbocycles. The van der Waals surface area contributed by atoms with E-state index in [9.17, 15) is 9.59 Å².